The van der Waals surface area contributed by atoms with Gasteiger partial charge in [0.2, 0.25) is 0 Å². The van der Waals surface area contributed by atoms with E-state index in [1.807, 2.05) is 12.1 Å². The van der Waals surface area contributed by atoms with Gasteiger partial charge in [-0.3, -0.25) is 0 Å². The third kappa shape index (κ3) is 2.92. The first-order valence-electron chi connectivity index (χ1n) is 7.37. The Morgan fingerprint density at radius 1 is 1.21 bits per heavy atom. The predicted molar refractivity (Wildman–Crippen MR) is 78.8 cm³/mol. The van der Waals surface area contributed by atoms with Crippen molar-refractivity contribution in [2.75, 3.05) is 18.0 Å². The smallest absolute Gasteiger partial charge is 0.146 e. The van der Waals surface area contributed by atoms with Crippen LogP contribution in [0, 0.1) is 11.2 Å². The molecule has 0 unspecified atom stereocenters. The number of halogens is 1. The van der Waals surface area contributed by atoms with Crippen molar-refractivity contribution >= 4 is 5.69 Å². The molecule has 1 aromatic rings. The molecule has 0 aliphatic carbocycles. The van der Waals surface area contributed by atoms with E-state index in [0.717, 1.165) is 37.2 Å². The van der Waals surface area contributed by atoms with Gasteiger partial charge in [-0.2, -0.15) is 0 Å². The van der Waals surface area contributed by atoms with E-state index < -0.39 is 0 Å². The van der Waals surface area contributed by atoms with Gasteiger partial charge in [0.25, 0.3) is 0 Å². The lowest BCUT2D eigenvalue weighted by molar-refractivity contribution is 0.199. The van der Waals surface area contributed by atoms with Crippen molar-refractivity contribution < 1.29 is 4.39 Å². The summed E-state index contributed by atoms with van der Waals surface area (Å²) in [5, 5.41) is 0. The lowest BCUT2D eigenvalue weighted by Crippen LogP contribution is -2.40. The molecule has 1 saturated heterocycles. The van der Waals surface area contributed by atoms with E-state index in [4.69, 9.17) is 5.73 Å². The highest BCUT2D eigenvalue weighted by atomic mass is 19.1. The van der Waals surface area contributed by atoms with Crippen LogP contribution in [0.15, 0.2) is 18.2 Å². The second-order valence-corrected chi connectivity index (χ2v) is 5.68. The summed E-state index contributed by atoms with van der Waals surface area (Å²) in [5.41, 5.74) is 7.61. The number of hydrogen-bond acceptors (Lipinski definition) is 2. The van der Waals surface area contributed by atoms with Crippen molar-refractivity contribution in [2.45, 2.75) is 46.1 Å². The normalized spacial score (nSPS) is 18.6. The van der Waals surface area contributed by atoms with Crippen molar-refractivity contribution in [3.05, 3.63) is 29.6 Å². The van der Waals surface area contributed by atoms with Crippen LogP contribution >= 0.6 is 0 Å². The average molecular weight is 264 g/mol. The fourth-order valence-electron chi connectivity index (χ4n) is 3.11. The van der Waals surface area contributed by atoms with E-state index in [1.54, 1.807) is 6.07 Å². The second kappa shape index (κ2) is 5.91. The van der Waals surface area contributed by atoms with Crippen LogP contribution in [-0.4, -0.2) is 13.1 Å². The molecule has 0 amide bonds. The van der Waals surface area contributed by atoms with E-state index >= 15 is 0 Å². The molecule has 0 spiro atoms. The third-order valence-electron chi connectivity index (χ3n) is 4.91. The summed E-state index contributed by atoms with van der Waals surface area (Å²) in [6.07, 6.45) is 4.79. The maximum Gasteiger partial charge on any atom is 0.146 e. The quantitative estimate of drug-likeness (QED) is 0.898. The van der Waals surface area contributed by atoms with Gasteiger partial charge in [-0.1, -0.05) is 32.8 Å². The summed E-state index contributed by atoms with van der Waals surface area (Å²) in [6, 6.07) is 5.37. The zero-order chi connectivity index (χ0) is 13.9. The van der Waals surface area contributed by atoms with E-state index in [2.05, 4.69) is 18.7 Å². The Kier molecular flexibility index (Phi) is 4.46. The lowest BCUT2D eigenvalue weighted by Gasteiger charge is -2.42. The van der Waals surface area contributed by atoms with Gasteiger partial charge in [-0.25, -0.2) is 4.39 Å². The molecule has 1 aliphatic rings. The topological polar surface area (TPSA) is 29.3 Å². The van der Waals surface area contributed by atoms with Crippen LogP contribution in [0.4, 0.5) is 10.1 Å². The van der Waals surface area contributed by atoms with Crippen LogP contribution < -0.4 is 10.6 Å². The Morgan fingerprint density at radius 3 is 2.32 bits per heavy atom. The van der Waals surface area contributed by atoms with E-state index in [9.17, 15) is 4.39 Å². The molecule has 2 N–H and O–H groups in total. The zero-order valence-corrected chi connectivity index (χ0v) is 12.1. The molecule has 2 rings (SSSR count). The average Bonchev–Trinajstić information content (AvgIpc) is 2.47. The van der Waals surface area contributed by atoms with Gasteiger partial charge < -0.3 is 10.6 Å². The third-order valence-corrected chi connectivity index (χ3v) is 4.91. The highest BCUT2D eigenvalue weighted by molar-refractivity contribution is 5.49. The summed E-state index contributed by atoms with van der Waals surface area (Å²) in [4.78, 5) is 2.18. The molecule has 106 valence electrons. The highest BCUT2D eigenvalue weighted by Crippen LogP contribution is 2.39. The van der Waals surface area contributed by atoms with Crippen LogP contribution in [0.3, 0.4) is 0 Å². The van der Waals surface area contributed by atoms with Gasteiger partial charge in [0.1, 0.15) is 5.82 Å². The van der Waals surface area contributed by atoms with Crippen molar-refractivity contribution in [3.63, 3.8) is 0 Å². The van der Waals surface area contributed by atoms with Gasteiger partial charge >= 0.3 is 0 Å². The summed E-state index contributed by atoms with van der Waals surface area (Å²) >= 11 is 0. The van der Waals surface area contributed by atoms with E-state index in [0.29, 0.717) is 12.0 Å². The molecule has 1 aliphatic heterocycles. The minimum Gasteiger partial charge on any atom is -0.369 e. The number of benzene rings is 1. The lowest BCUT2D eigenvalue weighted by atomic mass is 9.74. The molecule has 0 saturated carbocycles. The van der Waals surface area contributed by atoms with Crippen LogP contribution in [0.2, 0.25) is 0 Å². The standard InChI is InChI=1S/C16H25FN2/c1-3-16(4-2)7-9-19(10-8-16)15-6-5-13(12-18)11-14(15)17/h5-6,11H,3-4,7-10,12,18H2,1-2H3. The SMILES string of the molecule is CCC1(CC)CCN(c2ccc(CN)cc2F)CC1. The Bertz CT molecular complexity index is 417. The highest BCUT2D eigenvalue weighted by Gasteiger charge is 2.31. The maximum absolute atomic E-state index is 14.1. The molecule has 0 bridgehead atoms. The first kappa shape index (κ1) is 14.3. The van der Waals surface area contributed by atoms with Crippen molar-refractivity contribution in [3.8, 4) is 0 Å². The molecule has 0 aromatic heterocycles. The van der Waals surface area contributed by atoms with Crippen LogP contribution in [0.1, 0.15) is 45.1 Å². The summed E-state index contributed by atoms with van der Waals surface area (Å²) in [7, 11) is 0. The summed E-state index contributed by atoms with van der Waals surface area (Å²) in [5.74, 6) is -0.136. The Morgan fingerprint density at radius 2 is 1.84 bits per heavy atom. The fraction of sp³-hybridized carbons (Fsp3) is 0.625. The largest absolute Gasteiger partial charge is 0.369 e. The number of hydrogen-bond donors (Lipinski definition) is 1. The second-order valence-electron chi connectivity index (χ2n) is 5.68. The summed E-state index contributed by atoms with van der Waals surface area (Å²) in [6.45, 7) is 6.86. The first-order valence-corrected chi connectivity index (χ1v) is 7.37. The molecule has 3 heteroatoms. The minimum absolute atomic E-state index is 0.136. The van der Waals surface area contributed by atoms with Gasteiger partial charge in [-0.15, -0.1) is 0 Å². The zero-order valence-electron chi connectivity index (χ0n) is 12.1. The Labute approximate surface area is 115 Å². The Hall–Kier alpha value is -1.09. The number of rotatable bonds is 4. The van der Waals surface area contributed by atoms with E-state index in [1.165, 1.54) is 12.8 Å². The van der Waals surface area contributed by atoms with E-state index in [-0.39, 0.29) is 5.82 Å². The summed E-state index contributed by atoms with van der Waals surface area (Å²) < 4.78 is 14.1. The molecule has 1 aromatic carbocycles. The van der Waals surface area contributed by atoms with Crippen molar-refractivity contribution in [1.82, 2.24) is 0 Å². The number of piperidine rings is 1. The number of anilines is 1. The first-order chi connectivity index (χ1) is 9.14. The molecule has 0 atom stereocenters. The van der Waals surface area contributed by atoms with Crippen LogP contribution in [0.25, 0.3) is 0 Å². The van der Waals surface area contributed by atoms with Gasteiger partial charge in [0.05, 0.1) is 5.69 Å². The molecule has 1 heterocycles. The monoisotopic (exact) mass is 264 g/mol. The molecule has 2 nitrogen and oxygen atoms in total. The van der Waals surface area contributed by atoms with Gasteiger partial charge in [-0.05, 0) is 36.0 Å². The number of nitrogens with zero attached hydrogens (tertiary/aromatic N) is 1. The molecular weight excluding hydrogens is 239 g/mol. The molecule has 0 radical (unpaired) electrons. The number of nitrogens with two attached hydrogens (primary N) is 1. The van der Waals surface area contributed by atoms with Gasteiger partial charge in [0, 0.05) is 19.6 Å². The maximum atomic E-state index is 14.1. The minimum atomic E-state index is -0.136. The molecule has 19 heavy (non-hydrogen) atoms. The van der Waals surface area contributed by atoms with Crippen LogP contribution in [-0.2, 0) is 6.54 Å². The van der Waals surface area contributed by atoms with Crippen LogP contribution in [0.5, 0.6) is 0 Å². The van der Waals surface area contributed by atoms with Crippen molar-refractivity contribution in [1.29, 1.82) is 0 Å². The fourth-order valence-corrected chi connectivity index (χ4v) is 3.11. The predicted octanol–water partition coefficient (Wildman–Crippen LogP) is 3.69. The molecular formula is C16H25FN2. The Balaban J connectivity index is 2.09. The van der Waals surface area contributed by atoms with Gasteiger partial charge in [0.15, 0.2) is 0 Å². The molecule has 1 fully saturated rings. The van der Waals surface area contributed by atoms with Crippen molar-refractivity contribution in [2.24, 2.45) is 11.1 Å².